The Labute approximate surface area is 103 Å². The molecule has 0 aliphatic rings. The zero-order valence-corrected chi connectivity index (χ0v) is 9.38. The van der Waals surface area contributed by atoms with Crippen LogP contribution in [0.3, 0.4) is 0 Å². The third-order valence-corrected chi connectivity index (χ3v) is 2.38. The van der Waals surface area contributed by atoms with E-state index in [-0.39, 0.29) is 11.4 Å². The number of rotatable bonds is 3. The first kappa shape index (κ1) is 12.0. The largest absolute Gasteiger partial charge is 0.478 e. The van der Waals surface area contributed by atoms with Crippen LogP contribution in [0, 0.1) is 5.82 Å². The predicted molar refractivity (Wildman–Crippen MR) is 66.1 cm³/mol. The van der Waals surface area contributed by atoms with Crippen molar-refractivity contribution in [1.82, 2.24) is 4.98 Å². The molecule has 90 valence electrons. The summed E-state index contributed by atoms with van der Waals surface area (Å²) in [4.78, 5) is 15.1. The summed E-state index contributed by atoms with van der Waals surface area (Å²) >= 11 is 0. The van der Waals surface area contributed by atoms with Crippen LogP contribution in [0.5, 0.6) is 0 Å². The van der Waals surface area contributed by atoms with Gasteiger partial charge in [-0.05, 0) is 29.8 Å². The second-order valence-electron chi connectivity index (χ2n) is 3.66. The number of carbonyl (C=O) groups is 1. The topological polar surface area (TPSA) is 50.2 Å². The van der Waals surface area contributed by atoms with Crippen molar-refractivity contribution in [2.75, 3.05) is 0 Å². The molecule has 0 saturated heterocycles. The van der Waals surface area contributed by atoms with Gasteiger partial charge in [0.15, 0.2) is 0 Å². The van der Waals surface area contributed by atoms with Crippen molar-refractivity contribution in [3.05, 3.63) is 65.7 Å². The molecule has 0 bridgehead atoms. The van der Waals surface area contributed by atoms with Gasteiger partial charge in [-0.3, -0.25) is 4.98 Å². The molecule has 0 amide bonds. The van der Waals surface area contributed by atoms with Crippen LogP contribution in [-0.2, 0) is 4.79 Å². The Morgan fingerprint density at radius 1 is 1.22 bits per heavy atom. The number of aromatic nitrogens is 1. The monoisotopic (exact) mass is 243 g/mol. The molecule has 0 aliphatic carbocycles. The Morgan fingerprint density at radius 2 is 1.94 bits per heavy atom. The van der Waals surface area contributed by atoms with Crippen LogP contribution in [0.1, 0.15) is 11.1 Å². The molecule has 0 saturated carbocycles. The van der Waals surface area contributed by atoms with E-state index in [1.807, 2.05) is 0 Å². The minimum atomic E-state index is -1.05. The van der Waals surface area contributed by atoms with Crippen molar-refractivity contribution in [2.45, 2.75) is 0 Å². The van der Waals surface area contributed by atoms with Crippen LogP contribution in [0.2, 0.25) is 0 Å². The third kappa shape index (κ3) is 2.79. The van der Waals surface area contributed by atoms with E-state index >= 15 is 0 Å². The highest BCUT2D eigenvalue weighted by Gasteiger charge is 2.10. The number of carboxylic acids is 1. The maximum atomic E-state index is 12.8. The van der Waals surface area contributed by atoms with Crippen molar-refractivity contribution in [2.24, 2.45) is 0 Å². The fourth-order valence-corrected chi connectivity index (χ4v) is 1.52. The first-order chi connectivity index (χ1) is 8.66. The number of hydrogen-bond acceptors (Lipinski definition) is 2. The van der Waals surface area contributed by atoms with Gasteiger partial charge in [-0.15, -0.1) is 0 Å². The van der Waals surface area contributed by atoms with Crippen LogP contribution in [0.15, 0.2) is 48.8 Å². The van der Waals surface area contributed by atoms with E-state index in [1.54, 1.807) is 18.3 Å². The molecule has 1 heterocycles. The predicted octanol–water partition coefficient (Wildman–Crippen LogP) is 2.85. The number of nitrogens with zero attached hydrogens (tertiary/aromatic N) is 1. The van der Waals surface area contributed by atoms with Gasteiger partial charge in [0.1, 0.15) is 5.82 Å². The number of halogens is 1. The molecule has 2 aromatic rings. The number of hydrogen-bond donors (Lipinski definition) is 1. The van der Waals surface area contributed by atoms with Gasteiger partial charge in [-0.25, -0.2) is 9.18 Å². The minimum Gasteiger partial charge on any atom is -0.478 e. The van der Waals surface area contributed by atoms with Crippen molar-refractivity contribution < 1.29 is 14.3 Å². The van der Waals surface area contributed by atoms with Crippen molar-refractivity contribution in [3.8, 4) is 0 Å². The van der Waals surface area contributed by atoms with Crippen LogP contribution >= 0.6 is 0 Å². The normalized spacial score (nSPS) is 11.3. The van der Waals surface area contributed by atoms with Crippen LogP contribution in [0.25, 0.3) is 11.6 Å². The van der Waals surface area contributed by atoms with E-state index in [9.17, 15) is 14.3 Å². The van der Waals surface area contributed by atoms with Gasteiger partial charge >= 0.3 is 5.97 Å². The summed E-state index contributed by atoms with van der Waals surface area (Å²) in [5.74, 6) is -1.40. The molecule has 1 N–H and O–H groups in total. The molecule has 0 atom stereocenters. The van der Waals surface area contributed by atoms with Crippen molar-refractivity contribution >= 4 is 17.6 Å². The zero-order chi connectivity index (χ0) is 13.0. The fourth-order valence-electron chi connectivity index (χ4n) is 1.52. The molecule has 0 fully saturated rings. The highest BCUT2D eigenvalue weighted by atomic mass is 19.1. The molecule has 3 nitrogen and oxygen atoms in total. The average molecular weight is 243 g/mol. The highest BCUT2D eigenvalue weighted by molar-refractivity contribution is 6.20. The van der Waals surface area contributed by atoms with Gasteiger partial charge < -0.3 is 5.11 Å². The van der Waals surface area contributed by atoms with Gasteiger partial charge in [0, 0.05) is 18.0 Å². The SMILES string of the molecule is O=C(O)C(=Cc1ccc(F)cc1)c1cccnc1. The minimum absolute atomic E-state index is 0.120. The number of aliphatic carboxylic acids is 1. The fraction of sp³-hybridized carbons (Fsp3) is 0. The van der Waals surface area contributed by atoms with Gasteiger partial charge in [-0.1, -0.05) is 18.2 Å². The van der Waals surface area contributed by atoms with Gasteiger partial charge in [0.05, 0.1) is 5.57 Å². The van der Waals surface area contributed by atoms with Gasteiger partial charge in [-0.2, -0.15) is 0 Å². The number of pyridine rings is 1. The Kier molecular flexibility index (Phi) is 3.48. The lowest BCUT2D eigenvalue weighted by atomic mass is 10.0. The lowest BCUT2D eigenvalue weighted by molar-refractivity contribution is -0.130. The molecule has 1 aromatic heterocycles. The summed E-state index contributed by atoms with van der Waals surface area (Å²) < 4.78 is 12.8. The van der Waals surface area contributed by atoms with E-state index in [1.165, 1.54) is 36.5 Å². The smallest absolute Gasteiger partial charge is 0.336 e. The van der Waals surface area contributed by atoms with E-state index in [0.29, 0.717) is 11.1 Å². The molecule has 0 spiro atoms. The number of benzene rings is 1. The lowest BCUT2D eigenvalue weighted by Crippen LogP contribution is -1.99. The van der Waals surface area contributed by atoms with E-state index in [2.05, 4.69) is 4.98 Å². The Bertz CT molecular complexity index is 577. The van der Waals surface area contributed by atoms with Crippen molar-refractivity contribution in [3.63, 3.8) is 0 Å². The average Bonchev–Trinajstić information content (AvgIpc) is 2.38. The lowest BCUT2D eigenvalue weighted by Gasteiger charge is -2.02. The highest BCUT2D eigenvalue weighted by Crippen LogP contribution is 2.17. The first-order valence-electron chi connectivity index (χ1n) is 5.28. The number of carboxylic acid groups (broad SMARTS) is 1. The standard InChI is InChI=1S/C14H10FNO2/c15-12-5-3-10(4-6-12)8-13(14(17)18)11-2-1-7-16-9-11/h1-9H,(H,17,18). The van der Waals surface area contributed by atoms with Crippen LogP contribution < -0.4 is 0 Å². The van der Waals surface area contributed by atoms with E-state index in [4.69, 9.17) is 0 Å². The molecule has 18 heavy (non-hydrogen) atoms. The molecular formula is C14H10FNO2. The van der Waals surface area contributed by atoms with Gasteiger partial charge in [0.2, 0.25) is 0 Å². The summed E-state index contributed by atoms with van der Waals surface area (Å²) in [5, 5.41) is 9.17. The second-order valence-corrected chi connectivity index (χ2v) is 3.66. The van der Waals surface area contributed by atoms with Crippen LogP contribution in [-0.4, -0.2) is 16.1 Å². The zero-order valence-electron chi connectivity index (χ0n) is 9.38. The maximum Gasteiger partial charge on any atom is 0.336 e. The molecule has 0 radical (unpaired) electrons. The Morgan fingerprint density at radius 3 is 2.50 bits per heavy atom. The molecule has 4 heteroatoms. The Balaban J connectivity index is 2.43. The van der Waals surface area contributed by atoms with E-state index < -0.39 is 5.97 Å². The van der Waals surface area contributed by atoms with Crippen LogP contribution in [0.4, 0.5) is 4.39 Å². The van der Waals surface area contributed by atoms with Crippen molar-refractivity contribution in [1.29, 1.82) is 0 Å². The summed E-state index contributed by atoms with van der Waals surface area (Å²) in [6.45, 7) is 0. The quantitative estimate of drug-likeness (QED) is 0.843. The maximum absolute atomic E-state index is 12.8. The molecule has 0 unspecified atom stereocenters. The molecular weight excluding hydrogens is 233 g/mol. The molecule has 0 aliphatic heterocycles. The summed E-state index contributed by atoms with van der Waals surface area (Å²) in [5.41, 5.74) is 1.25. The summed E-state index contributed by atoms with van der Waals surface area (Å²) in [6.07, 6.45) is 4.53. The van der Waals surface area contributed by atoms with E-state index in [0.717, 1.165) is 0 Å². The molecule has 2 rings (SSSR count). The summed E-state index contributed by atoms with van der Waals surface area (Å²) in [7, 11) is 0. The molecule has 1 aromatic carbocycles. The van der Waals surface area contributed by atoms with Gasteiger partial charge in [0.25, 0.3) is 0 Å². The third-order valence-electron chi connectivity index (χ3n) is 2.38. The summed E-state index contributed by atoms with van der Waals surface area (Å²) in [6, 6.07) is 8.94. The first-order valence-corrected chi connectivity index (χ1v) is 5.28. The Hall–Kier alpha value is -2.49. The second kappa shape index (κ2) is 5.23.